The Bertz CT molecular complexity index is 1510. The Morgan fingerprint density at radius 2 is 2.03 bits per heavy atom. The molecule has 2 aliphatic rings. The van der Waals surface area contributed by atoms with E-state index < -0.39 is 0 Å². The number of nitrogens with one attached hydrogen (secondary N) is 3. The van der Waals surface area contributed by atoms with Crippen molar-refractivity contribution in [2.75, 3.05) is 43.0 Å². The lowest BCUT2D eigenvalue weighted by atomic mass is 10.0. The minimum atomic E-state index is -0.208. The number of fused-ring (bicyclic) bond motifs is 1. The molecule has 0 bridgehead atoms. The number of hydrogen-bond donors (Lipinski definition) is 3. The highest BCUT2D eigenvalue weighted by Crippen LogP contribution is 2.31. The summed E-state index contributed by atoms with van der Waals surface area (Å²) in [6.07, 6.45) is 1.14. The van der Waals surface area contributed by atoms with Gasteiger partial charge in [0.1, 0.15) is 23.2 Å². The van der Waals surface area contributed by atoms with E-state index in [0.717, 1.165) is 67.4 Å². The summed E-state index contributed by atoms with van der Waals surface area (Å²) in [7, 11) is 0. The van der Waals surface area contributed by atoms with E-state index in [2.05, 4.69) is 59.5 Å². The zero-order valence-electron chi connectivity index (χ0n) is 22.7. The van der Waals surface area contributed by atoms with Gasteiger partial charge in [0.25, 0.3) is 5.91 Å². The molecule has 0 spiro atoms. The number of imidazole rings is 1. The SMILES string of the molecule is Cc1cc(N2CCOC(C)(C)C2)ccc1-c1nc2c(C(=O)Nc3cccc(OC4CCNC4)c3)cccc2[nH]1. The number of aromatic nitrogens is 2. The Morgan fingerprint density at radius 1 is 1.15 bits per heavy atom. The van der Waals surface area contributed by atoms with Gasteiger partial charge in [-0.1, -0.05) is 12.1 Å². The highest BCUT2D eigenvalue weighted by Gasteiger charge is 2.27. The number of aryl methyl sites for hydroxylation is 1. The summed E-state index contributed by atoms with van der Waals surface area (Å²) in [5.41, 5.74) is 5.83. The molecule has 1 aromatic heterocycles. The minimum absolute atomic E-state index is 0.158. The van der Waals surface area contributed by atoms with E-state index in [1.54, 1.807) is 0 Å². The van der Waals surface area contributed by atoms with Gasteiger partial charge in [0.15, 0.2) is 0 Å². The van der Waals surface area contributed by atoms with Gasteiger partial charge in [-0.2, -0.15) is 0 Å². The maximum atomic E-state index is 13.3. The molecule has 8 heteroatoms. The van der Waals surface area contributed by atoms with Gasteiger partial charge in [0.05, 0.1) is 23.3 Å². The van der Waals surface area contributed by atoms with E-state index in [1.165, 1.54) is 5.69 Å². The van der Waals surface area contributed by atoms with Crippen molar-refractivity contribution in [1.82, 2.24) is 15.3 Å². The van der Waals surface area contributed by atoms with Gasteiger partial charge in [-0.15, -0.1) is 0 Å². The predicted molar refractivity (Wildman–Crippen MR) is 155 cm³/mol. The van der Waals surface area contributed by atoms with Crippen LogP contribution in [0.25, 0.3) is 22.4 Å². The topological polar surface area (TPSA) is 91.5 Å². The van der Waals surface area contributed by atoms with Crippen molar-refractivity contribution in [3.63, 3.8) is 0 Å². The number of H-pyrrole nitrogens is 1. The standard InChI is InChI=1S/C31H35N5O3/c1-20-16-22(36-14-15-38-31(2,3)19-36)10-11-25(20)29-34-27-9-5-8-26(28(27)35-29)30(37)33-21-6-4-7-23(17-21)39-24-12-13-32-18-24/h4-11,16-17,24,32H,12-15,18-19H2,1-3H3,(H,33,37)(H,34,35). The molecule has 3 aromatic carbocycles. The number of amides is 1. The first kappa shape index (κ1) is 25.4. The number of para-hydroxylation sites is 1. The second-order valence-electron chi connectivity index (χ2n) is 11.0. The van der Waals surface area contributed by atoms with Crippen molar-refractivity contribution in [1.29, 1.82) is 0 Å². The lowest BCUT2D eigenvalue weighted by molar-refractivity contribution is -0.0276. The smallest absolute Gasteiger partial charge is 0.257 e. The quantitative estimate of drug-likeness (QED) is 0.323. The van der Waals surface area contributed by atoms with E-state index in [1.807, 2.05) is 42.5 Å². The number of anilines is 2. The number of rotatable bonds is 6. The normalized spacial score (nSPS) is 18.8. The summed E-state index contributed by atoms with van der Waals surface area (Å²) in [6, 6.07) is 19.6. The maximum absolute atomic E-state index is 13.3. The summed E-state index contributed by atoms with van der Waals surface area (Å²) in [5, 5.41) is 6.33. The third-order valence-electron chi connectivity index (χ3n) is 7.42. The van der Waals surface area contributed by atoms with Crippen molar-refractivity contribution < 1.29 is 14.3 Å². The minimum Gasteiger partial charge on any atom is -0.489 e. The van der Waals surface area contributed by atoms with Gasteiger partial charge in [0, 0.05) is 42.6 Å². The predicted octanol–water partition coefficient (Wildman–Crippen LogP) is 5.15. The molecule has 2 aliphatic heterocycles. The second kappa shape index (κ2) is 10.4. The number of morpholine rings is 1. The van der Waals surface area contributed by atoms with E-state index in [9.17, 15) is 4.79 Å². The lowest BCUT2D eigenvalue weighted by Gasteiger charge is -2.39. The first-order valence-corrected chi connectivity index (χ1v) is 13.6. The first-order chi connectivity index (χ1) is 18.8. The zero-order valence-corrected chi connectivity index (χ0v) is 22.7. The van der Waals surface area contributed by atoms with Crippen LogP contribution in [0.5, 0.6) is 5.75 Å². The van der Waals surface area contributed by atoms with Crippen LogP contribution in [0.1, 0.15) is 36.2 Å². The van der Waals surface area contributed by atoms with Crippen LogP contribution >= 0.6 is 0 Å². The summed E-state index contributed by atoms with van der Waals surface area (Å²) in [4.78, 5) is 24.0. The molecule has 4 aromatic rings. The summed E-state index contributed by atoms with van der Waals surface area (Å²) >= 11 is 0. The Hall–Kier alpha value is -3.88. The summed E-state index contributed by atoms with van der Waals surface area (Å²) in [5.74, 6) is 1.29. The van der Waals surface area contributed by atoms with Crippen molar-refractivity contribution in [2.45, 2.75) is 38.9 Å². The van der Waals surface area contributed by atoms with Gasteiger partial charge in [-0.05, 0) is 81.8 Å². The highest BCUT2D eigenvalue weighted by atomic mass is 16.5. The zero-order chi connectivity index (χ0) is 27.0. The Balaban J connectivity index is 1.23. The Labute approximate surface area is 228 Å². The van der Waals surface area contributed by atoms with Crippen molar-refractivity contribution >= 4 is 28.3 Å². The van der Waals surface area contributed by atoms with Gasteiger partial charge < -0.3 is 30.0 Å². The van der Waals surface area contributed by atoms with Gasteiger partial charge in [-0.25, -0.2) is 4.98 Å². The maximum Gasteiger partial charge on any atom is 0.257 e. The summed E-state index contributed by atoms with van der Waals surface area (Å²) in [6.45, 7) is 10.6. The van der Waals surface area contributed by atoms with Gasteiger partial charge >= 0.3 is 0 Å². The number of benzene rings is 3. The monoisotopic (exact) mass is 525 g/mol. The van der Waals surface area contributed by atoms with Gasteiger partial charge in [-0.3, -0.25) is 4.79 Å². The molecule has 1 atom stereocenters. The molecule has 3 N–H and O–H groups in total. The fourth-order valence-corrected chi connectivity index (χ4v) is 5.46. The fraction of sp³-hybridized carbons (Fsp3) is 0.355. The van der Waals surface area contributed by atoms with Crippen LogP contribution in [0.15, 0.2) is 60.7 Å². The molecule has 0 saturated carbocycles. The number of hydrogen-bond acceptors (Lipinski definition) is 6. The number of nitrogens with zero attached hydrogens (tertiary/aromatic N) is 2. The van der Waals surface area contributed by atoms with Crippen LogP contribution in [0, 0.1) is 6.92 Å². The molecule has 202 valence electrons. The molecule has 1 unspecified atom stereocenters. The fourth-order valence-electron chi connectivity index (χ4n) is 5.46. The van der Waals surface area contributed by atoms with Crippen LogP contribution in [-0.4, -0.2) is 60.4 Å². The van der Waals surface area contributed by atoms with Gasteiger partial charge in [0.2, 0.25) is 0 Å². The van der Waals surface area contributed by atoms with E-state index in [0.29, 0.717) is 16.8 Å². The molecule has 1 amide bonds. The third-order valence-corrected chi connectivity index (χ3v) is 7.42. The Morgan fingerprint density at radius 3 is 2.82 bits per heavy atom. The van der Waals surface area contributed by atoms with E-state index in [-0.39, 0.29) is 17.6 Å². The number of aromatic amines is 1. The molecule has 39 heavy (non-hydrogen) atoms. The number of ether oxygens (including phenoxy) is 2. The van der Waals surface area contributed by atoms with Crippen molar-refractivity contribution in [3.05, 3.63) is 71.8 Å². The van der Waals surface area contributed by atoms with Crippen molar-refractivity contribution in [3.8, 4) is 17.1 Å². The van der Waals surface area contributed by atoms with E-state index >= 15 is 0 Å². The molecular weight excluding hydrogens is 490 g/mol. The van der Waals surface area contributed by atoms with E-state index in [4.69, 9.17) is 14.5 Å². The highest BCUT2D eigenvalue weighted by molar-refractivity contribution is 6.11. The van der Waals surface area contributed by atoms with Crippen LogP contribution in [0.4, 0.5) is 11.4 Å². The molecule has 8 nitrogen and oxygen atoms in total. The molecular formula is C31H35N5O3. The van der Waals surface area contributed by atoms with Crippen LogP contribution < -0.4 is 20.3 Å². The first-order valence-electron chi connectivity index (χ1n) is 13.6. The second-order valence-corrected chi connectivity index (χ2v) is 11.0. The Kier molecular flexibility index (Phi) is 6.74. The molecule has 2 saturated heterocycles. The largest absolute Gasteiger partial charge is 0.489 e. The average molecular weight is 526 g/mol. The van der Waals surface area contributed by atoms with Crippen LogP contribution in [0.2, 0.25) is 0 Å². The third kappa shape index (κ3) is 5.48. The summed E-state index contributed by atoms with van der Waals surface area (Å²) < 4.78 is 11.9. The van der Waals surface area contributed by atoms with Crippen LogP contribution in [-0.2, 0) is 4.74 Å². The lowest BCUT2D eigenvalue weighted by Crippen LogP contribution is -2.48. The molecule has 2 fully saturated rings. The molecule has 0 aliphatic carbocycles. The van der Waals surface area contributed by atoms with Crippen LogP contribution in [0.3, 0.4) is 0 Å². The molecule has 3 heterocycles. The number of carbonyl (C=O) groups excluding carboxylic acids is 1. The van der Waals surface area contributed by atoms with Crippen molar-refractivity contribution in [2.24, 2.45) is 0 Å². The molecule has 6 rings (SSSR count). The molecule has 0 radical (unpaired) electrons. The number of carbonyl (C=O) groups is 1. The average Bonchev–Trinajstić information content (AvgIpc) is 3.58.